The van der Waals surface area contributed by atoms with Gasteiger partial charge in [0.1, 0.15) is 0 Å². The Hall–Kier alpha value is -1.77. The van der Waals surface area contributed by atoms with Crippen molar-refractivity contribution >= 4 is 11.9 Å². The number of benzene rings is 1. The van der Waals surface area contributed by atoms with Crippen molar-refractivity contribution in [3.63, 3.8) is 0 Å². The Morgan fingerprint density at radius 3 is 2.53 bits per heavy atom. The fourth-order valence-electron chi connectivity index (χ4n) is 1.64. The second kappa shape index (κ2) is 5.53. The Morgan fingerprint density at radius 2 is 2.06 bits per heavy atom. The highest BCUT2D eigenvalue weighted by atomic mass is 16.5. The van der Waals surface area contributed by atoms with Gasteiger partial charge in [0.2, 0.25) is 0 Å². The zero-order chi connectivity index (χ0) is 13.0. The summed E-state index contributed by atoms with van der Waals surface area (Å²) in [7, 11) is 1.50. The molecule has 0 fully saturated rings. The van der Waals surface area contributed by atoms with Crippen LogP contribution in [0.3, 0.4) is 0 Å². The lowest BCUT2D eigenvalue weighted by molar-refractivity contribution is -0.113. The molecule has 0 amide bonds. The molecule has 0 aliphatic heterocycles. The summed E-state index contributed by atoms with van der Waals surface area (Å²) in [6.07, 6.45) is 1.83. The number of methoxy groups -OCH3 is 1. The van der Waals surface area contributed by atoms with Crippen molar-refractivity contribution in [1.82, 2.24) is 0 Å². The fraction of sp³-hybridized carbons (Fsp3) is 0.357. The number of rotatable bonds is 4. The van der Waals surface area contributed by atoms with E-state index in [9.17, 15) is 9.90 Å². The highest BCUT2D eigenvalue weighted by molar-refractivity contribution is 5.98. The van der Waals surface area contributed by atoms with Gasteiger partial charge >= 0.3 is 0 Å². The second-order valence-corrected chi connectivity index (χ2v) is 4.24. The first-order valence-corrected chi connectivity index (χ1v) is 5.55. The third kappa shape index (κ3) is 3.34. The van der Waals surface area contributed by atoms with Crippen molar-refractivity contribution < 1.29 is 14.6 Å². The van der Waals surface area contributed by atoms with Gasteiger partial charge in [0.25, 0.3) is 0 Å². The maximum atomic E-state index is 11.5. The summed E-state index contributed by atoms with van der Waals surface area (Å²) in [5.74, 6) is 0.739. The topological polar surface area (TPSA) is 46.5 Å². The number of ether oxygens (including phenoxy) is 1. The number of carbonyl (C=O) groups is 1. The third-order valence-electron chi connectivity index (χ3n) is 2.55. The van der Waals surface area contributed by atoms with E-state index in [2.05, 4.69) is 0 Å². The van der Waals surface area contributed by atoms with Gasteiger partial charge in [-0.05, 0) is 42.2 Å². The monoisotopic (exact) mass is 234 g/mol. The van der Waals surface area contributed by atoms with E-state index >= 15 is 0 Å². The molecule has 0 aromatic heterocycles. The predicted molar refractivity (Wildman–Crippen MR) is 68.2 cm³/mol. The van der Waals surface area contributed by atoms with Crippen LogP contribution in [-0.4, -0.2) is 18.0 Å². The van der Waals surface area contributed by atoms with Crippen molar-refractivity contribution in [3.05, 3.63) is 29.3 Å². The molecule has 0 saturated heterocycles. The molecule has 1 rings (SSSR count). The molecule has 1 N–H and O–H groups in total. The van der Waals surface area contributed by atoms with Crippen LogP contribution in [0.1, 0.15) is 26.3 Å². The van der Waals surface area contributed by atoms with Crippen LogP contribution < -0.4 is 4.74 Å². The number of aromatic hydroxyl groups is 1. The second-order valence-electron chi connectivity index (χ2n) is 4.24. The Morgan fingerprint density at radius 1 is 1.41 bits per heavy atom. The van der Waals surface area contributed by atoms with Crippen molar-refractivity contribution in [3.8, 4) is 11.5 Å². The number of phenols is 1. The van der Waals surface area contributed by atoms with Gasteiger partial charge in [0.05, 0.1) is 7.11 Å². The molecule has 0 radical (unpaired) electrons. The van der Waals surface area contributed by atoms with Gasteiger partial charge in [-0.25, -0.2) is 0 Å². The molecule has 1 aromatic carbocycles. The maximum Gasteiger partial charge on any atom is 0.161 e. The molecule has 0 atom stereocenters. The average molecular weight is 234 g/mol. The normalized spacial score (nSPS) is 11.7. The van der Waals surface area contributed by atoms with E-state index in [4.69, 9.17) is 4.74 Å². The van der Waals surface area contributed by atoms with Gasteiger partial charge < -0.3 is 9.84 Å². The zero-order valence-electron chi connectivity index (χ0n) is 10.7. The van der Waals surface area contributed by atoms with Gasteiger partial charge in [-0.3, -0.25) is 4.79 Å². The summed E-state index contributed by atoms with van der Waals surface area (Å²) in [6, 6.07) is 5.02. The molecule has 3 heteroatoms. The van der Waals surface area contributed by atoms with Crippen molar-refractivity contribution in [1.29, 1.82) is 0 Å². The fourth-order valence-corrected chi connectivity index (χ4v) is 1.64. The van der Waals surface area contributed by atoms with Crippen LogP contribution in [0.2, 0.25) is 0 Å². The summed E-state index contributed by atoms with van der Waals surface area (Å²) < 4.78 is 5.02. The van der Waals surface area contributed by atoms with E-state index in [1.54, 1.807) is 25.1 Å². The highest BCUT2D eigenvalue weighted by Crippen LogP contribution is 2.28. The van der Waals surface area contributed by atoms with Crippen molar-refractivity contribution in [2.75, 3.05) is 7.11 Å². The zero-order valence-corrected chi connectivity index (χ0v) is 10.7. The molecule has 3 nitrogen and oxygen atoms in total. The third-order valence-corrected chi connectivity index (χ3v) is 2.55. The molecular formula is C14H18O3. The first kappa shape index (κ1) is 13.3. The van der Waals surface area contributed by atoms with Crippen LogP contribution in [0.15, 0.2) is 23.8 Å². The molecule has 0 unspecified atom stereocenters. The standard InChI is InChI=1S/C14H18O3/c1-9(2)12(10(3)15)7-11-5-6-13(16)14(8-11)17-4/h5-9,16H,1-4H3/b12-7+. The van der Waals surface area contributed by atoms with Gasteiger partial charge in [-0.1, -0.05) is 19.9 Å². The molecule has 0 aliphatic carbocycles. The Bertz CT molecular complexity index is 445. The van der Waals surface area contributed by atoms with E-state index in [1.165, 1.54) is 7.11 Å². The average Bonchev–Trinajstić information content (AvgIpc) is 2.26. The summed E-state index contributed by atoms with van der Waals surface area (Å²) in [5, 5.41) is 9.47. The molecule has 92 valence electrons. The predicted octanol–water partition coefficient (Wildman–Crippen LogP) is 3.03. The molecule has 0 saturated carbocycles. The van der Waals surface area contributed by atoms with E-state index < -0.39 is 0 Å². The molecular weight excluding hydrogens is 216 g/mol. The van der Waals surface area contributed by atoms with Crippen LogP contribution in [0.25, 0.3) is 6.08 Å². The number of carbonyl (C=O) groups excluding carboxylic acids is 1. The summed E-state index contributed by atoms with van der Waals surface area (Å²) in [6.45, 7) is 5.51. The summed E-state index contributed by atoms with van der Waals surface area (Å²) in [5.41, 5.74) is 1.61. The first-order chi connectivity index (χ1) is 7.95. The van der Waals surface area contributed by atoms with Crippen LogP contribution in [0.5, 0.6) is 11.5 Å². The minimum atomic E-state index is 0.0621. The Balaban J connectivity index is 3.16. The van der Waals surface area contributed by atoms with Gasteiger partial charge in [-0.2, -0.15) is 0 Å². The van der Waals surface area contributed by atoms with Crippen molar-refractivity contribution in [2.24, 2.45) is 5.92 Å². The highest BCUT2D eigenvalue weighted by Gasteiger charge is 2.09. The largest absolute Gasteiger partial charge is 0.504 e. The number of hydrogen-bond acceptors (Lipinski definition) is 3. The summed E-state index contributed by atoms with van der Waals surface area (Å²) in [4.78, 5) is 11.5. The molecule has 17 heavy (non-hydrogen) atoms. The number of ketones is 1. The quantitative estimate of drug-likeness (QED) is 0.814. The number of allylic oxidation sites excluding steroid dienone is 1. The number of Topliss-reactive ketones (excluding diaryl/α,β-unsaturated/α-hetero) is 1. The summed E-state index contributed by atoms with van der Waals surface area (Å²) >= 11 is 0. The number of phenolic OH excluding ortho intramolecular Hbond substituents is 1. The molecule has 0 aliphatic rings. The molecule has 1 aromatic rings. The molecule has 0 bridgehead atoms. The van der Waals surface area contributed by atoms with Crippen molar-refractivity contribution in [2.45, 2.75) is 20.8 Å². The number of hydrogen-bond donors (Lipinski definition) is 1. The lowest BCUT2D eigenvalue weighted by Crippen LogP contribution is -2.03. The van der Waals surface area contributed by atoms with E-state index in [1.807, 2.05) is 19.9 Å². The minimum Gasteiger partial charge on any atom is -0.504 e. The lowest BCUT2D eigenvalue weighted by atomic mass is 9.97. The van der Waals surface area contributed by atoms with E-state index in [0.29, 0.717) is 5.75 Å². The van der Waals surface area contributed by atoms with E-state index in [-0.39, 0.29) is 17.5 Å². The van der Waals surface area contributed by atoms with E-state index in [0.717, 1.165) is 11.1 Å². The van der Waals surface area contributed by atoms with Gasteiger partial charge in [0, 0.05) is 0 Å². The maximum absolute atomic E-state index is 11.5. The van der Waals surface area contributed by atoms with Crippen LogP contribution in [-0.2, 0) is 4.79 Å². The first-order valence-electron chi connectivity index (χ1n) is 5.55. The van der Waals surface area contributed by atoms with Crippen LogP contribution >= 0.6 is 0 Å². The molecule has 0 spiro atoms. The lowest BCUT2D eigenvalue weighted by Gasteiger charge is -2.09. The Kier molecular flexibility index (Phi) is 4.32. The van der Waals surface area contributed by atoms with Crippen LogP contribution in [0, 0.1) is 5.92 Å². The van der Waals surface area contributed by atoms with Crippen LogP contribution in [0.4, 0.5) is 0 Å². The SMILES string of the molecule is COc1cc(/C=C(/C(C)=O)C(C)C)ccc1O. The minimum absolute atomic E-state index is 0.0621. The Labute approximate surface area is 102 Å². The molecule has 0 heterocycles. The van der Waals surface area contributed by atoms with Gasteiger partial charge in [-0.15, -0.1) is 0 Å². The smallest absolute Gasteiger partial charge is 0.161 e. The van der Waals surface area contributed by atoms with Gasteiger partial charge in [0.15, 0.2) is 17.3 Å².